The van der Waals surface area contributed by atoms with E-state index in [0.29, 0.717) is 19.4 Å². The van der Waals surface area contributed by atoms with E-state index in [2.05, 4.69) is 4.72 Å². The lowest BCUT2D eigenvalue weighted by atomic mass is 10.3. The van der Waals surface area contributed by atoms with Crippen LogP contribution in [0.5, 0.6) is 0 Å². The van der Waals surface area contributed by atoms with Gasteiger partial charge < -0.3 is 5.73 Å². The van der Waals surface area contributed by atoms with Crippen molar-refractivity contribution in [2.75, 3.05) is 20.6 Å². The molecule has 0 amide bonds. The van der Waals surface area contributed by atoms with Gasteiger partial charge in [-0.25, -0.2) is 4.72 Å². The van der Waals surface area contributed by atoms with Crippen molar-refractivity contribution in [3.8, 4) is 0 Å². The smallest absolute Gasteiger partial charge is 0.278 e. The molecular formula is C6H16N4O2S. The Morgan fingerprint density at radius 3 is 2.46 bits per heavy atom. The second-order valence-corrected chi connectivity index (χ2v) is 4.78. The highest BCUT2D eigenvalue weighted by Crippen LogP contribution is 1.90. The van der Waals surface area contributed by atoms with E-state index in [1.165, 1.54) is 14.1 Å². The number of nitrogens with two attached hydrogens (primary N) is 1. The lowest BCUT2D eigenvalue weighted by Crippen LogP contribution is -2.36. The molecule has 0 unspecified atom stereocenters. The summed E-state index contributed by atoms with van der Waals surface area (Å²) in [4.78, 5) is 0. The molecule has 0 radical (unpaired) electrons. The van der Waals surface area contributed by atoms with Crippen LogP contribution in [0.3, 0.4) is 0 Å². The quantitative estimate of drug-likeness (QED) is 0.299. The maximum absolute atomic E-state index is 11.1. The molecule has 7 heteroatoms. The van der Waals surface area contributed by atoms with Gasteiger partial charge in [-0.2, -0.15) is 12.7 Å². The molecule has 0 aromatic heterocycles. The van der Waals surface area contributed by atoms with Gasteiger partial charge in [0.1, 0.15) is 0 Å². The van der Waals surface area contributed by atoms with Crippen molar-refractivity contribution in [3.63, 3.8) is 0 Å². The number of rotatable bonds is 6. The third-order valence-electron chi connectivity index (χ3n) is 1.39. The highest BCUT2D eigenvalue weighted by Gasteiger charge is 2.10. The van der Waals surface area contributed by atoms with Gasteiger partial charge in [-0.15, -0.1) is 0 Å². The lowest BCUT2D eigenvalue weighted by molar-refractivity contribution is 0.504. The van der Waals surface area contributed by atoms with Gasteiger partial charge in [0.05, 0.1) is 5.84 Å². The molecule has 0 saturated carbocycles. The zero-order chi connectivity index (χ0) is 10.5. The molecule has 0 aliphatic carbocycles. The van der Waals surface area contributed by atoms with Crippen molar-refractivity contribution in [1.82, 2.24) is 9.03 Å². The van der Waals surface area contributed by atoms with Crippen LogP contribution in [0.1, 0.15) is 12.8 Å². The molecule has 0 atom stereocenters. The standard InChI is InChI=1S/C6H16N4O2S/c1-10(2)13(11,12)9-5-3-4-6(7)8/h9H,3-5H2,1-2H3,(H3,7,8). The van der Waals surface area contributed by atoms with Crippen LogP contribution >= 0.6 is 0 Å². The summed E-state index contributed by atoms with van der Waals surface area (Å²) in [5.41, 5.74) is 5.10. The van der Waals surface area contributed by atoms with Gasteiger partial charge in [0.25, 0.3) is 10.2 Å². The number of nitrogens with zero attached hydrogens (tertiary/aromatic N) is 1. The van der Waals surface area contributed by atoms with Crippen molar-refractivity contribution >= 4 is 16.0 Å². The zero-order valence-corrected chi connectivity index (χ0v) is 8.69. The van der Waals surface area contributed by atoms with Crippen LogP contribution in [-0.4, -0.2) is 39.2 Å². The van der Waals surface area contributed by atoms with Crippen molar-refractivity contribution in [2.24, 2.45) is 5.73 Å². The van der Waals surface area contributed by atoms with E-state index in [4.69, 9.17) is 11.1 Å². The summed E-state index contributed by atoms with van der Waals surface area (Å²) >= 11 is 0. The monoisotopic (exact) mass is 208 g/mol. The van der Waals surface area contributed by atoms with Crippen LogP contribution in [0, 0.1) is 5.41 Å². The van der Waals surface area contributed by atoms with Crippen LogP contribution in [0.25, 0.3) is 0 Å². The predicted octanol–water partition coefficient (Wildman–Crippen LogP) is -0.901. The van der Waals surface area contributed by atoms with Gasteiger partial charge in [-0.3, -0.25) is 5.41 Å². The first kappa shape index (κ1) is 12.3. The normalized spacial score (nSPS) is 11.9. The van der Waals surface area contributed by atoms with Gasteiger partial charge >= 0.3 is 0 Å². The minimum absolute atomic E-state index is 0.0732. The van der Waals surface area contributed by atoms with Crippen LogP contribution in [0.2, 0.25) is 0 Å². The summed E-state index contributed by atoms with van der Waals surface area (Å²) in [7, 11) is -0.421. The van der Waals surface area contributed by atoms with E-state index < -0.39 is 10.2 Å². The molecule has 0 aromatic carbocycles. The molecule has 0 heterocycles. The van der Waals surface area contributed by atoms with E-state index in [1.807, 2.05) is 0 Å². The van der Waals surface area contributed by atoms with E-state index in [1.54, 1.807) is 0 Å². The molecule has 13 heavy (non-hydrogen) atoms. The van der Waals surface area contributed by atoms with Crippen LogP contribution in [-0.2, 0) is 10.2 Å². The molecule has 0 aromatic rings. The maximum Gasteiger partial charge on any atom is 0.278 e. The topological polar surface area (TPSA) is 99.3 Å². The van der Waals surface area contributed by atoms with Gasteiger partial charge in [-0.1, -0.05) is 0 Å². The summed E-state index contributed by atoms with van der Waals surface area (Å²) in [6, 6.07) is 0. The Morgan fingerprint density at radius 1 is 1.54 bits per heavy atom. The number of nitrogens with one attached hydrogen (secondary N) is 2. The molecule has 0 aliphatic rings. The van der Waals surface area contributed by atoms with Gasteiger partial charge in [0.2, 0.25) is 0 Å². The molecular weight excluding hydrogens is 192 g/mol. The summed E-state index contributed by atoms with van der Waals surface area (Å²) < 4.78 is 25.7. The molecule has 0 spiro atoms. The Labute approximate surface area is 78.8 Å². The van der Waals surface area contributed by atoms with E-state index in [-0.39, 0.29) is 5.84 Å². The summed E-state index contributed by atoms with van der Waals surface area (Å²) in [5, 5.41) is 6.90. The van der Waals surface area contributed by atoms with E-state index in [9.17, 15) is 8.42 Å². The Kier molecular flexibility index (Phi) is 4.89. The van der Waals surface area contributed by atoms with E-state index in [0.717, 1.165) is 4.31 Å². The number of hydrogen-bond acceptors (Lipinski definition) is 3. The minimum atomic E-state index is -3.32. The highest BCUT2D eigenvalue weighted by atomic mass is 32.2. The van der Waals surface area contributed by atoms with Gasteiger partial charge in [0, 0.05) is 27.1 Å². The first-order valence-electron chi connectivity index (χ1n) is 3.86. The molecule has 6 nitrogen and oxygen atoms in total. The van der Waals surface area contributed by atoms with Crippen molar-refractivity contribution in [2.45, 2.75) is 12.8 Å². The molecule has 4 N–H and O–H groups in total. The first-order chi connectivity index (χ1) is 5.86. The number of hydrogen-bond donors (Lipinski definition) is 3. The minimum Gasteiger partial charge on any atom is -0.388 e. The number of amidine groups is 1. The molecule has 0 fully saturated rings. The van der Waals surface area contributed by atoms with Crippen molar-refractivity contribution < 1.29 is 8.42 Å². The first-order valence-corrected chi connectivity index (χ1v) is 5.30. The maximum atomic E-state index is 11.1. The highest BCUT2D eigenvalue weighted by molar-refractivity contribution is 7.87. The fourth-order valence-electron chi connectivity index (χ4n) is 0.609. The van der Waals surface area contributed by atoms with Crippen LogP contribution in [0.15, 0.2) is 0 Å². The van der Waals surface area contributed by atoms with Gasteiger partial charge in [0.15, 0.2) is 0 Å². The summed E-state index contributed by atoms with van der Waals surface area (Å²) in [5.74, 6) is 0.0732. The molecule has 0 bridgehead atoms. The predicted molar refractivity (Wildman–Crippen MR) is 51.8 cm³/mol. The third-order valence-corrected chi connectivity index (χ3v) is 2.92. The molecule has 0 aliphatic heterocycles. The Balaban J connectivity index is 3.72. The molecule has 78 valence electrons. The fraction of sp³-hybridized carbons (Fsp3) is 0.833. The largest absolute Gasteiger partial charge is 0.388 e. The van der Waals surface area contributed by atoms with E-state index >= 15 is 0 Å². The molecule has 0 saturated heterocycles. The second kappa shape index (κ2) is 5.15. The second-order valence-electron chi connectivity index (χ2n) is 2.81. The summed E-state index contributed by atoms with van der Waals surface area (Å²) in [6.45, 7) is 0.306. The van der Waals surface area contributed by atoms with Crippen LogP contribution in [0.4, 0.5) is 0 Å². The van der Waals surface area contributed by atoms with Gasteiger partial charge in [-0.05, 0) is 6.42 Å². The van der Waals surface area contributed by atoms with Crippen molar-refractivity contribution in [3.05, 3.63) is 0 Å². The fourth-order valence-corrected chi connectivity index (χ4v) is 1.27. The Morgan fingerprint density at radius 2 is 2.08 bits per heavy atom. The average molecular weight is 208 g/mol. The zero-order valence-electron chi connectivity index (χ0n) is 7.87. The van der Waals surface area contributed by atoms with Crippen molar-refractivity contribution in [1.29, 1.82) is 5.41 Å². The third kappa shape index (κ3) is 5.56. The lowest BCUT2D eigenvalue weighted by Gasteiger charge is -2.11. The average Bonchev–Trinajstić information content (AvgIpc) is 1.97. The SMILES string of the molecule is CN(C)S(=O)(=O)NCCCC(=N)N. The molecule has 0 rings (SSSR count). The van der Waals surface area contributed by atoms with Crippen LogP contribution < -0.4 is 10.5 Å². The Bertz CT molecular complexity index is 260. The summed E-state index contributed by atoms with van der Waals surface area (Å²) in [6.07, 6.45) is 0.957. The Hall–Kier alpha value is -0.660.